The Morgan fingerprint density at radius 2 is 2.04 bits per heavy atom. The molecule has 24 heavy (non-hydrogen) atoms. The maximum absolute atomic E-state index is 10.5. The SMILES string of the molecule is O[C@@H]1CN(Cc2ccsc2)C[C@H]1N1CCN(c2cnccn2)CC1. The monoisotopic (exact) mass is 345 g/mol. The Hall–Kier alpha value is -1.54. The van der Waals surface area contributed by atoms with E-state index in [9.17, 15) is 5.11 Å². The Kier molecular flexibility index (Phi) is 4.75. The van der Waals surface area contributed by atoms with E-state index in [2.05, 4.69) is 41.5 Å². The van der Waals surface area contributed by atoms with Crippen LogP contribution in [0.15, 0.2) is 35.4 Å². The van der Waals surface area contributed by atoms with Crippen molar-refractivity contribution in [2.24, 2.45) is 0 Å². The van der Waals surface area contributed by atoms with Crippen molar-refractivity contribution in [2.45, 2.75) is 18.7 Å². The highest BCUT2D eigenvalue weighted by atomic mass is 32.1. The van der Waals surface area contributed by atoms with Crippen molar-refractivity contribution < 1.29 is 5.11 Å². The summed E-state index contributed by atoms with van der Waals surface area (Å²) in [5.41, 5.74) is 1.35. The predicted octanol–water partition coefficient (Wildman–Crippen LogP) is 0.905. The fourth-order valence-electron chi connectivity index (χ4n) is 3.71. The molecule has 1 N–H and O–H groups in total. The highest BCUT2D eigenvalue weighted by Gasteiger charge is 2.36. The Bertz CT molecular complexity index is 630. The summed E-state index contributed by atoms with van der Waals surface area (Å²) in [5.74, 6) is 0.947. The molecule has 2 aromatic rings. The molecule has 7 heteroatoms. The summed E-state index contributed by atoms with van der Waals surface area (Å²) in [6, 6.07) is 2.41. The minimum Gasteiger partial charge on any atom is -0.390 e. The molecule has 0 amide bonds. The van der Waals surface area contributed by atoms with Gasteiger partial charge in [0.25, 0.3) is 0 Å². The third-order valence-electron chi connectivity index (χ3n) is 4.98. The molecule has 6 nitrogen and oxygen atoms in total. The quantitative estimate of drug-likeness (QED) is 0.889. The fraction of sp³-hybridized carbons (Fsp3) is 0.529. The predicted molar refractivity (Wildman–Crippen MR) is 95.2 cm³/mol. The fourth-order valence-corrected chi connectivity index (χ4v) is 4.37. The molecule has 128 valence electrons. The standard InChI is InChI=1S/C17H23N5OS/c23-16-12-20(10-14-1-8-24-13-14)11-15(16)21-4-6-22(7-5-21)17-9-18-2-3-19-17/h1-3,8-9,13,15-16,23H,4-7,10-12H2/t15-,16-/m1/s1. The lowest BCUT2D eigenvalue weighted by Gasteiger charge is -2.39. The molecule has 2 aromatic heterocycles. The van der Waals surface area contributed by atoms with Gasteiger partial charge in [0, 0.05) is 64.2 Å². The van der Waals surface area contributed by atoms with E-state index in [0.717, 1.165) is 51.6 Å². The lowest BCUT2D eigenvalue weighted by atomic mass is 10.1. The first-order valence-corrected chi connectivity index (χ1v) is 9.40. The molecule has 4 heterocycles. The molecule has 0 bridgehead atoms. The number of anilines is 1. The molecule has 0 unspecified atom stereocenters. The molecule has 2 aliphatic rings. The summed E-state index contributed by atoms with van der Waals surface area (Å²) in [4.78, 5) is 15.6. The van der Waals surface area contributed by atoms with Gasteiger partial charge in [-0.2, -0.15) is 11.3 Å². The summed E-state index contributed by atoms with van der Waals surface area (Å²) in [6.07, 6.45) is 5.01. The molecule has 0 aliphatic carbocycles. The molecule has 0 radical (unpaired) electrons. The van der Waals surface area contributed by atoms with E-state index >= 15 is 0 Å². The third kappa shape index (κ3) is 3.44. The number of piperazine rings is 1. The van der Waals surface area contributed by atoms with Gasteiger partial charge >= 0.3 is 0 Å². The van der Waals surface area contributed by atoms with Gasteiger partial charge in [-0.1, -0.05) is 0 Å². The van der Waals surface area contributed by atoms with Crippen LogP contribution < -0.4 is 4.90 Å². The zero-order valence-electron chi connectivity index (χ0n) is 13.7. The molecular weight excluding hydrogens is 322 g/mol. The lowest BCUT2D eigenvalue weighted by Crippen LogP contribution is -2.54. The van der Waals surface area contributed by atoms with Crippen molar-refractivity contribution in [1.82, 2.24) is 19.8 Å². The van der Waals surface area contributed by atoms with Crippen LogP contribution in [0.1, 0.15) is 5.56 Å². The van der Waals surface area contributed by atoms with Crippen LogP contribution in [-0.4, -0.2) is 76.3 Å². The van der Waals surface area contributed by atoms with Gasteiger partial charge < -0.3 is 10.0 Å². The number of β-amino-alcohol motifs (C(OH)–C–C–N with tert-alkyl or cyclic N) is 1. The first-order chi connectivity index (χ1) is 11.8. The van der Waals surface area contributed by atoms with Crippen molar-refractivity contribution in [2.75, 3.05) is 44.2 Å². The second kappa shape index (κ2) is 7.14. The van der Waals surface area contributed by atoms with Gasteiger partial charge in [0.05, 0.1) is 12.3 Å². The summed E-state index contributed by atoms with van der Waals surface area (Å²) >= 11 is 1.73. The topological polar surface area (TPSA) is 55.7 Å². The van der Waals surface area contributed by atoms with Crippen LogP contribution in [0.4, 0.5) is 5.82 Å². The second-order valence-electron chi connectivity index (χ2n) is 6.55. The summed E-state index contributed by atoms with van der Waals surface area (Å²) in [7, 11) is 0. The molecule has 2 aliphatic heterocycles. The summed E-state index contributed by atoms with van der Waals surface area (Å²) < 4.78 is 0. The molecule has 0 spiro atoms. The summed E-state index contributed by atoms with van der Waals surface area (Å²) in [6.45, 7) is 6.46. The van der Waals surface area contributed by atoms with Crippen LogP contribution in [0.3, 0.4) is 0 Å². The van der Waals surface area contributed by atoms with Crippen molar-refractivity contribution in [3.63, 3.8) is 0 Å². The zero-order valence-corrected chi connectivity index (χ0v) is 14.5. The van der Waals surface area contributed by atoms with E-state index in [4.69, 9.17) is 0 Å². The van der Waals surface area contributed by atoms with Crippen LogP contribution in [0, 0.1) is 0 Å². The molecule has 2 saturated heterocycles. The number of aliphatic hydroxyl groups excluding tert-OH is 1. The zero-order chi connectivity index (χ0) is 16.4. The van der Waals surface area contributed by atoms with Gasteiger partial charge in [0.15, 0.2) is 0 Å². The highest BCUT2D eigenvalue weighted by Crippen LogP contribution is 2.22. The summed E-state index contributed by atoms with van der Waals surface area (Å²) in [5, 5.41) is 14.8. The molecular formula is C17H23N5OS. The van der Waals surface area contributed by atoms with E-state index in [-0.39, 0.29) is 12.1 Å². The minimum atomic E-state index is -0.258. The van der Waals surface area contributed by atoms with E-state index in [1.807, 2.05) is 6.20 Å². The number of aromatic nitrogens is 2. The normalized spacial score (nSPS) is 26.1. The second-order valence-corrected chi connectivity index (χ2v) is 7.33. The molecule has 0 saturated carbocycles. The average Bonchev–Trinajstić information content (AvgIpc) is 3.26. The molecule has 0 aromatic carbocycles. The Labute approximate surface area is 146 Å². The van der Waals surface area contributed by atoms with Gasteiger partial charge in [0.2, 0.25) is 0 Å². The van der Waals surface area contributed by atoms with Gasteiger partial charge in [-0.05, 0) is 22.4 Å². The van der Waals surface area contributed by atoms with Crippen LogP contribution in [0.2, 0.25) is 0 Å². The number of rotatable bonds is 4. The minimum absolute atomic E-state index is 0.243. The van der Waals surface area contributed by atoms with Gasteiger partial charge in [-0.25, -0.2) is 4.98 Å². The Morgan fingerprint density at radius 1 is 1.17 bits per heavy atom. The van der Waals surface area contributed by atoms with E-state index in [0.29, 0.717) is 0 Å². The maximum Gasteiger partial charge on any atom is 0.147 e. The molecule has 2 fully saturated rings. The van der Waals surface area contributed by atoms with E-state index in [1.54, 1.807) is 23.7 Å². The number of likely N-dealkylation sites (tertiary alicyclic amines) is 1. The number of hydrogen-bond donors (Lipinski definition) is 1. The molecule has 4 rings (SSSR count). The van der Waals surface area contributed by atoms with Crippen molar-refractivity contribution in [1.29, 1.82) is 0 Å². The van der Waals surface area contributed by atoms with Crippen molar-refractivity contribution >= 4 is 17.2 Å². The van der Waals surface area contributed by atoms with Gasteiger partial charge in [0.1, 0.15) is 5.82 Å². The van der Waals surface area contributed by atoms with E-state index < -0.39 is 0 Å². The van der Waals surface area contributed by atoms with Crippen LogP contribution in [0.25, 0.3) is 0 Å². The van der Waals surface area contributed by atoms with Gasteiger partial charge in [-0.3, -0.25) is 14.8 Å². The number of hydrogen-bond acceptors (Lipinski definition) is 7. The third-order valence-corrected chi connectivity index (χ3v) is 5.71. The molecule has 2 atom stereocenters. The maximum atomic E-state index is 10.5. The Balaban J connectivity index is 1.32. The average molecular weight is 345 g/mol. The first kappa shape index (κ1) is 16.0. The van der Waals surface area contributed by atoms with Gasteiger partial charge in [-0.15, -0.1) is 0 Å². The van der Waals surface area contributed by atoms with Crippen LogP contribution in [-0.2, 0) is 6.54 Å². The number of nitrogens with zero attached hydrogens (tertiary/aromatic N) is 5. The number of aliphatic hydroxyl groups is 1. The van der Waals surface area contributed by atoms with Crippen LogP contribution in [0.5, 0.6) is 0 Å². The number of thiophene rings is 1. The smallest absolute Gasteiger partial charge is 0.147 e. The largest absolute Gasteiger partial charge is 0.390 e. The Morgan fingerprint density at radius 3 is 2.75 bits per heavy atom. The highest BCUT2D eigenvalue weighted by molar-refractivity contribution is 7.07. The first-order valence-electron chi connectivity index (χ1n) is 8.46. The van der Waals surface area contributed by atoms with Crippen molar-refractivity contribution in [3.05, 3.63) is 41.0 Å². The lowest BCUT2D eigenvalue weighted by molar-refractivity contribution is 0.0790. The van der Waals surface area contributed by atoms with Crippen LogP contribution >= 0.6 is 11.3 Å². The van der Waals surface area contributed by atoms with E-state index in [1.165, 1.54) is 5.56 Å². The van der Waals surface area contributed by atoms with Crippen molar-refractivity contribution in [3.8, 4) is 0 Å².